The topological polar surface area (TPSA) is 208 Å². The molecule has 14 nitrogen and oxygen atoms in total. The number of rotatable bonds is 6. The molecule has 0 spiro atoms. The summed E-state index contributed by atoms with van der Waals surface area (Å²) in [5.41, 5.74) is 4.66. The molecule has 18 heteroatoms. The molecule has 5 amide bonds. The summed E-state index contributed by atoms with van der Waals surface area (Å²) in [5, 5.41) is 35.5. The minimum atomic E-state index is -2.45. The van der Waals surface area contributed by atoms with Gasteiger partial charge in [-0.25, -0.2) is 18.6 Å². The zero-order valence-electron chi connectivity index (χ0n) is 20.3. The molecular formula is C21H23BF2N6O8S. The van der Waals surface area contributed by atoms with Gasteiger partial charge in [0.05, 0.1) is 17.2 Å². The van der Waals surface area contributed by atoms with Crippen LogP contribution in [-0.4, -0.2) is 86.5 Å². The molecule has 208 valence electrons. The molecule has 2 aromatic rings. The van der Waals surface area contributed by atoms with E-state index in [4.69, 9.17) is 10.4 Å². The largest absolute Gasteiger partial charge is 0.547 e. The van der Waals surface area contributed by atoms with Gasteiger partial charge in [0, 0.05) is 25.0 Å². The number of aliphatic hydroxyl groups is 2. The average molecular weight is 568 g/mol. The SMILES string of the molecule is CCN1CCN(C(=O)NC(C(=O)N[C@H]2Cc3cc(F)c(F)c(C(O)O)c3OB2O)c2csc(N)n2)C(=O)C1=O. The molecule has 3 heterocycles. The molecule has 0 bridgehead atoms. The number of imide groups is 1. The number of piperazine rings is 1. The predicted molar refractivity (Wildman–Crippen MR) is 130 cm³/mol. The molecule has 2 aliphatic rings. The number of aliphatic hydroxyl groups excluding tert-OH is 1. The van der Waals surface area contributed by atoms with Crippen LogP contribution < -0.4 is 21.0 Å². The van der Waals surface area contributed by atoms with Crippen LogP contribution in [0.4, 0.5) is 18.7 Å². The van der Waals surface area contributed by atoms with Crippen molar-refractivity contribution >= 4 is 47.3 Å². The van der Waals surface area contributed by atoms with Gasteiger partial charge in [0.15, 0.2) is 29.1 Å². The maximum absolute atomic E-state index is 14.1. The Balaban J connectivity index is 1.55. The number of halogens is 2. The van der Waals surface area contributed by atoms with E-state index in [1.807, 2.05) is 0 Å². The van der Waals surface area contributed by atoms with E-state index in [1.165, 1.54) is 10.3 Å². The van der Waals surface area contributed by atoms with Gasteiger partial charge in [-0.2, -0.15) is 0 Å². The highest BCUT2D eigenvalue weighted by atomic mass is 32.1. The predicted octanol–water partition coefficient (Wildman–Crippen LogP) is -1.43. The molecule has 1 unspecified atom stereocenters. The van der Waals surface area contributed by atoms with Gasteiger partial charge in [-0.15, -0.1) is 11.3 Å². The van der Waals surface area contributed by atoms with E-state index in [2.05, 4.69) is 15.6 Å². The van der Waals surface area contributed by atoms with Crippen molar-refractivity contribution in [3.05, 3.63) is 39.9 Å². The number of urea groups is 1. The molecule has 1 saturated heterocycles. The van der Waals surface area contributed by atoms with E-state index in [-0.39, 0.29) is 42.4 Å². The number of carbonyl (C=O) groups is 4. The fraction of sp³-hybridized carbons (Fsp3) is 0.381. The standard InChI is InChI=1S/C21H23BF2N6O8S/c1-2-29-3-4-30(18(33)17(29)32)21(36)28-14(10-7-39-20(25)26-10)16(31)27-11-6-8-5-9(23)13(24)12(19(34)35)15(8)38-22(11)37/h5,7,11,14,19,34-35,37H,2-4,6H2,1H3,(H2,25,26)(H,27,31)(H,28,36)/t11-,14?/m0/s1. The third-order valence-corrected chi connectivity index (χ3v) is 6.89. The summed E-state index contributed by atoms with van der Waals surface area (Å²) in [5.74, 6) is -7.65. The Kier molecular flexibility index (Phi) is 8.00. The number of nitrogens with zero attached hydrogens (tertiary/aromatic N) is 3. The Hall–Kier alpha value is -3.87. The minimum absolute atomic E-state index is 0.0141. The summed E-state index contributed by atoms with van der Waals surface area (Å²) < 4.78 is 33.4. The van der Waals surface area contributed by atoms with Crippen molar-refractivity contribution in [1.29, 1.82) is 0 Å². The van der Waals surface area contributed by atoms with Gasteiger partial charge in [-0.3, -0.25) is 19.3 Å². The quantitative estimate of drug-likeness (QED) is 0.136. The van der Waals surface area contributed by atoms with Crippen LogP contribution in [0.3, 0.4) is 0 Å². The zero-order chi connectivity index (χ0) is 28.6. The maximum atomic E-state index is 14.1. The molecule has 0 saturated carbocycles. The number of carbonyl (C=O) groups excluding carboxylic acids is 4. The number of benzene rings is 1. The van der Waals surface area contributed by atoms with Gasteiger partial charge in [-0.05, 0) is 25.0 Å². The average Bonchev–Trinajstić information content (AvgIpc) is 3.31. The maximum Gasteiger partial charge on any atom is 0.547 e. The molecule has 1 aromatic heterocycles. The van der Waals surface area contributed by atoms with E-state index >= 15 is 0 Å². The first-order chi connectivity index (χ1) is 18.4. The number of amides is 5. The Labute approximate surface area is 223 Å². The smallest absolute Gasteiger partial charge is 0.534 e. The van der Waals surface area contributed by atoms with E-state index in [0.717, 1.165) is 17.4 Å². The molecule has 1 aromatic carbocycles. The number of likely N-dealkylation sites (N-methyl/N-ethyl adjacent to an activating group) is 1. The number of nitrogens with one attached hydrogen (secondary N) is 2. The second-order valence-electron chi connectivity index (χ2n) is 8.61. The lowest BCUT2D eigenvalue weighted by atomic mass is 9.72. The number of hydrogen-bond donors (Lipinski definition) is 6. The van der Waals surface area contributed by atoms with E-state index in [9.17, 15) is 43.2 Å². The molecule has 2 atom stereocenters. The monoisotopic (exact) mass is 568 g/mol. The molecule has 0 aliphatic carbocycles. The molecule has 7 N–H and O–H groups in total. The molecular weight excluding hydrogens is 545 g/mol. The highest BCUT2D eigenvalue weighted by molar-refractivity contribution is 7.13. The zero-order valence-corrected chi connectivity index (χ0v) is 21.1. The third-order valence-electron chi connectivity index (χ3n) is 6.19. The number of nitrogen functional groups attached to an aromatic ring is 1. The van der Waals surface area contributed by atoms with Crippen molar-refractivity contribution in [2.75, 3.05) is 25.4 Å². The lowest BCUT2D eigenvalue weighted by Crippen LogP contribution is -2.60. The van der Waals surface area contributed by atoms with Crippen LogP contribution in [0, 0.1) is 11.6 Å². The first-order valence-corrected chi connectivity index (χ1v) is 12.4. The van der Waals surface area contributed by atoms with E-state index in [0.29, 0.717) is 4.90 Å². The number of nitrogens with two attached hydrogens (primary N) is 1. The number of aromatic nitrogens is 1. The summed E-state index contributed by atoms with van der Waals surface area (Å²) in [6, 6.07) is -1.88. The van der Waals surface area contributed by atoms with Crippen LogP contribution in [0.5, 0.6) is 5.75 Å². The van der Waals surface area contributed by atoms with Crippen LogP contribution in [0.15, 0.2) is 11.4 Å². The van der Waals surface area contributed by atoms with Gasteiger partial charge in [0.25, 0.3) is 0 Å². The third kappa shape index (κ3) is 5.49. The molecule has 2 aliphatic heterocycles. The van der Waals surface area contributed by atoms with Gasteiger partial charge >= 0.3 is 25.0 Å². The van der Waals surface area contributed by atoms with Crippen molar-refractivity contribution in [3.8, 4) is 5.75 Å². The number of hydrogen-bond acceptors (Lipinski definition) is 11. The van der Waals surface area contributed by atoms with Gasteiger partial charge in [0.1, 0.15) is 5.75 Å². The summed E-state index contributed by atoms with van der Waals surface area (Å²) in [6.07, 6.45) is -2.78. The highest BCUT2D eigenvalue weighted by Crippen LogP contribution is 2.36. The van der Waals surface area contributed by atoms with Crippen molar-refractivity contribution < 1.29 is 47.9 Å². The number of anilines is 1. The Morgan fingerprint density at radius 2 is 2.03 bits per heavy atom. The minimum Gasteiger partial charge on any atom is -0.534 e. The first kappa shape index (κ1) is 28.2. The Morgan fingerprint density at radius 3 is 2.64 bits per heavy atom. The van der Waals surface area contributed by atoms with Gasteiger partial charge in [0.2, 0.25) is 5.91 Å². The summed E-state index contributed by atoms with van der Waals surface area (Å²) >= 11 is 0.957. The van der Waals surface area contributed by atoms with Crippen LogP contribution in [0.1, 0.15) is 36.1 Å². The van der Waals surface area contributed by atoms with Crippen molar-refractivity contribution in [2.45, 2.75) is 31.6 Å². The second kappa shape index (κ2) is 11.1. The fourth-order valence-corrected chi connectivity index (χ4v) is 4.80. The highest BCUT2D eigenvalue weighted by Gasteiger charge is 2.42. The van der Waals surface area contributed by atoms with Gasteiger partial charge < -0.3 is 41.2 Å². The first-order valence-electron chi connectivity index (χ1n) is 11.6. The lowest BCUT2D eigenvalue weighted by Gasteiger charge is -2.33. The lowest BCUT2D eigenvalue weighted by molar-refractivity contribution is -0.153. The molecule has 4 rings (SSSR count). The molecule has 0 radical (unpaired) electrons. The number of fused-ring (bicyclic) bond motifs is 1. The van der Waals surface area contributed by atoms with Crippen molar-refractivity contribution in [1.82, 2.24) is 25.4 Å². The van der Waals surface area contributed by atoms with Crippen LogP contribution in [-0.2, 0) is 20.8 Å². The fourth-order valence-electron chi connectivity index (χ4n) is 4.21. The molecule has 1 fully saturated rings. The van der Waals surface area contributed by atoms with Crippen LogP contribution in [0.2, 0.25) is 0 Å². The Bertz CT molecular complexity index is 1330. The van der Waals surface area contributed by atoms with Crippen molar-refractivity contribution in [3.63, 3.8) is 0 Å². The summed E-state index contributed by atoms with van der Waals surface area (Å²) in [6.45, 7) is 1.92. The van der Waals surface area contributed by atoms with Crippen LogP contribution in [0.25, 0.3) is 0 Å². The number of thiazole rings is 1. The van der Waals surface area contributed by atoms with Gasteiger partial charge in [-0.1, -0.05) is 0 Å². The molecule has 39 heavy (non-hydrogen) atoms. The summed E-state index contributed by atoms with van der Waals surface area (Å²) in [7, 11) is -1.85. The summed E-state index contributed by atoms with van der Waals surface area (Å²) in [4.78, 5) is 56.7. The van der Waals surface area contributed by atoms with Crippen molar-refractivity contribution in [2.24, 2.45) is 0 Å². The van der Waals surface area contributed by atoms with E-state index in [1.54, 1.807) is 6.92 Å². The second-order valence-corrected chi connectivity index (χ2v) is 9.50. The van der Waals surface area contributed by atoms with E-state index < -0.39 is 72.1 Å². The normalized spacial score (nSPS) is 18.1. The Morgan fingerprint density at radius 1 is 1.31 bits per heavy atom. The van der Waals surface area contributed by atoms with Crippen LogP contribution >= 0.6 is 11.3 Å².